The molecule has 1 N–H and O–H groups in total. The van der Waals surface area contributed by atoms with Gasteiger partial charge in [0.1, 0.15) is 5.75 Å². The molecule has 0 bridgehead atoms. The number of piperazine rings is 1. The molecule has 2 amide bonds. The Balaban J connectivity index is 1.66. The van der Waals surface area contributed by atoms with E-state index in [1.54, 1.807) is 0 Å². The number of ether oxygens (including phenoxy) is 1. The molecule has 9 heteroatoms. The van der Waals surface area contributed by atoms with E-state index < -0.39 is 11.7 Å². The van der Waals surface area contributed by atoms with Crippen molar-refractivity contribution in [1.82, 2.24) is 15.2 Å². The van der Waals surface area contributed by atoms with Crippen LogP contribution in [0.4, 0.5) is 13.2 Å². The van der Waals surface area contributed by atoms with Gasteiger partial charge < -0.3 is 15.0 Å². The van der Waals surface area contributed by atoms with Crippen molar-refractivity contribution in [1.29, 1.82) is 0 Å². The summed E-state index contributed by atoms with van der Waals surface area (Å²) in [6, 6.07) is 8.06. The van der Waals surface area contributed by atoms with Crippen LogP contribution in [0.1, 0.15) is 15.9 Å². The summed E-state index contributed by atoms with van der Waals surface area (Å²) in [5.41, 5.74) is -0.483. The van der Waals surface area contributed by atoms with Crippen LogP contribution in [0.15, 0.2) is 42.6 Å². The van der Waals surface area contributed by atoms with E-state index in [0.717, 1.165) is 12.1 Å². The van der Waals surface area contributed by atoms with E-state index in [2.05, 4.69) is 10.3 Å². The molecule has 1 aliphatic heterocycles. The predicted octanol–water partition coefficient (Wildman–Crippen LogP) is 2.46. The number of hydrogen-bond donors (Lipinski definition) is 1. The quantitative estimate of drug-likeness (QED) is 0.907. The lowest BCUT2D eigenvalue weighted by Gasteiger charge is -2.26. The largest absolute Gasteiger partial charge is 0.439 e. The van der Waals surface area contributed by atoms with Crippen LogP contribution >= 0.6 is 0 Å². The number of halogens is 3. The molecule has 0 spiro atoms. The van der Waals surface area contributed by atoms with Crippen LogP contribution in [0, 0.1) is 0 Å². The minimum Gasteiger partial charge on any atom is -0.439 e. The Morgan fingerprint density at radius 1 is 1.15 bits per heavy atom. The highest BCUT2D eigenvalue weighted by atomic mass is 19.4. The molecule has 0 unspecified atom stereocenters. The van der Waals surface area contributed by atoms with Gasteiger partial charge in [0.25, 0.3) is 5.91 Å². The second kappa shape index (κ2) is 7.03. The average molecular weight is 365 g/mol. The van der Waals surface area contributed by atoms with Crippen LogP contribution in [0.5, 0.6) is 11.6 Å². The van der Waals surface area contributed by atoms with Gasteiger partial charge in [0.15, 0.2) is 0 Å². The summed E-state index contributed by atoms with van der Waals surface area (Å²) in [5, 5.41) is 2.64. The highest BCUT2D eigenvalue weighted by Gasteiger charge is 2.30. The van der Waals surface area contributed by atoms with Crippen LogP contribution in [-0.2, 0) is 11.0 Å². The van der Waals surface area contributed by atoms with Gasteiger partial charge in [0, 0.05) is 30.9 Å². The molecule has 3 rings (SSSR count). The molecule has 6 nitrogen and oxygen atoms in total. The third kappa shape index (κ3) is 4.11. The fraction of sp³-hybridized carbons (Fsp3) is 0.235. The number of nitrogens with one attached hydrogen (secondary N) is 1. The Morgan fingerprint density at radius 3 is 2.46 bits per heavy atom. The number of aromatic nitrogens is 1. The van der Waals surface area contributed by atoms with Crippen molar-refractivity contribution in [2.24, 2.45) is 0 Å². The first-order valence-electron chi connectivity index (χ1n) is 7.70. The van der Waals surface area contributed by atoms with Crippen molar-refractivity contribution < 1.29 is 27.5 Å². The summed E-state index contributed by atoms with van der Waals surface area (Å²) in [6.45, 7) is 0.843. The first kappa shape index (κ1) is 17.7. The molecule has 136 valence electrons. The number of alkyl halides is 3. The van der Waals surface area contributed by atoms with Gasteiger partial charge in [-0.05, 0) is 30.3 Å². The summed E-state index contributed by atoms with van der Waals surface area (Å²) >= 11 is 0. The van der Waals surface area contributed by atoms with Gasteiger partial charge >= 0.3 is 6.18 Å². The summed E-state index contributed by atoms with van der Waals surface area (Å²) in [4.78, 5) is 28.7. The number of rotatable bonds is 3. The van der Waals surface area contributed by atoms with Crippen molar-refractivity contribution in [3.63, 3.8) is 0 Å². The van der Waals surface area contributed by atoms with Crippen LogP contribution in [0.3, 0.4) is 0 Å². The van der Waals surface area contributed by atoms with E-state index in [4.69, 9.17) is 4.74 Å². The fourth-order valence-corrected chi connectivity index (χ4v) is 2.39. The molecule has 0 aliphatic carbocycles. The van der Waals surface area contributed by atoms with Crippen molar-refractivity contribution in [3.8, 4) is 11.6 Å². The summed E-state index contributed by atoms with van der Waals surface area (Å²) in [6.07, 6.45) is -3.77. The topological polar surface area (TPSA) is 71.5 Å². The number of carbonyl (C=O) groups is 2. The number of pyridine rings is 1. The fourth-order valence-electron chi connectivity index (χ4n) is 2.39. The minimum atomic E-state index is -4.46. The second-order valence-electron chi connectivity index (χ2n) is 5.59. The van der Waals surface area contributed by atoms with E-state index in [-0.39, 0.29) is 24.2 Å². The van der Waals surface area contributed by atoms with Gasteiger partial charge in [0.05, 0.1) is 12.1 Å². The number of amides is 2. The number of hydrogen-bond acceptors (Lipinski definition) is 4. The molecular weight excluding hydrogens is 351 g/mol. The highest BCUT2D eigenvalue weighted by molar-refractivity contribution is 5.97. The zero-order chi connectivity index (χ0) is 18.7. The molecule has 0 saturated carbocycles. The van der Waals surface area contributed by atoms with Gasteiger partial charge in [-0.3, -0.25) is 9.59 Å². The zero-order valence-corrected chi connectivity index (χ0v) is 13.4. The van der Waals surface area contributed by atoms with Crippen LogP contribution < -0.4 is 10.1 Å². The van der Waals surface area contributed by atoms with Crippen molar-refractivity contribution in [2.75, 3.05) is 19.6 Å². The van der Waals surface area contributed by atoms with Crippen LogP contribution in [-0.4, -0.2) is 41.3 Å². The lowest BCUT2D eigenvalue weighted by molar-refractivity contribution is -0.137. The molecule has 2 heterocycles. The maximum absolute atomic E-state index is 12.5. The van der Waals surface area contributed by atoms with Crippen LogP contribution in [0.25, 0.3) is 0 Å². The normalized spacial score (nSPS) is 14.7. The first-order valence-corrected chi connectivity index (χ1v) is 7.70. The maximum atomic E-state index is 12.5. The predicted molar refractivity (Wildman–Crippen MR) is 84.7 cm³/mol. The Kier molecular flexibility index (Phi) is 4.79. The lowest BCUT2D eigenvalue weighted by atomic mass is 10.2. The lowest BCUT2D eigenvalue weighted by Crippen LogP contribution is -2.49. The molecule has 0 atom stereocenters. The monoisotopic (exact) mass is 365 g/mol. The highest BCUT2D eigenvalue weighted by Crippen LogP contribution is 2.30. The van der Waals surface area contributed by atoms with Gasteiger partial charge in [-0.25, -0.2) is 4.98 Å². The third-order valence-corrected chi connectivity index (χ3v) is 3.71. The number of benzene rings is 1. The Bertz CT molecular complexity index is 805. The van der Waals surface area contributed by atoms with Gasteiger partial charge in [-0.15, -0.1) is 0 Å². The Hall–Kier alpha value is -3.10. The first-order chi connectivity index (χ1) is 12.3. The molecular formula is C17H14F3N3O3. The van der Waals surface area contributed by atoms with Gasteiger partial charge in [-0.1, -0.05) is 0 Å². The van der Waals surface area contributed by atoms with Crippen molar-refractivity contribution in [2.45, 2.75) is 6.18 Å². The summed E-state index contributed by atoms with van der Waals surface area (Å²) in [5.74, 6) is -0.160. The third-order valence-electron chi connectivity index (χ3n) is 3.71. The molecule has 0 radical (unpaired) electrons. The second-order valence-corrected chi connectivity index (χ2v) is 5.59. The standard InChI is InChI=1S/C17H14F3N3O3/c18-17(19,20)12-3-6-15(22-9-12)26-13-4-1-11(2-5-13)16(25)23-8-7-21-14(24)10-23/h1-6,9H,7-8,10H2,(H,21,24). The van der Waals surface area contributed by atoms with Crippen molar-refractivity contribution in [3.05, 3.63) is 53.7 Å². The van der Waals surface area contributed by atoms with E-state index in [1.807, 2.05) is 0 Å². The summed E-state index contributed by atoms with van der Waals surface area (Å²) < 4.78 is 42.9. The number of nitrogens with zero attached hydrogens (tertiary/aromatic N) is 2. The molecule has 1 aliphatic rings. The van der Waals surface area contributed by atoms with Crippen LogP contribution in [0.2, 0.25) is 0 Å². The zero-order valence-electron chi connectivity index (χ0n) is 13.4. The molecule has 1 aromatic carbocycles. The van der Waals surface area contributed by atoms with E-state index in [1.165, 1.54) is 29.2 Å². The Labute approximate surface area is 146 Å². The molecule has 26 heavy (non-hydrogen) atoms. The molecule has 2 aromatic rings. The van der Waals surface area contributed by atoms with Gasteiger partial charge in [0.2, 0.25) is 11.8 Å². The summed E-state index contributed by atoms with van der Waals surface area (Å²) in [7, 11) is 0. The molecule has 1 fully saturated rings. The number of carbonyl (C=O) groups excluding carboxylic acids is 2. The van der Waals surface area contributed by atoms with E-state index in [0.29, 0.717) is 30.6 Å². The van der Waals surface area contributed by atoms with Gasteiger partial charge in [-0.2, -0.15) is 13.2 Å². The van der Waals surface area contributed by atoms with E-state index in [9.17, 15) is 22.8 Å². The minimum absolute atomic E-state index is 0.00442. The smallest absolute Gasteiger partial charge is 0.417 e. The molecule has 1 saturated heterocycles. The van der Waals surface area contributed by atoms with E-state index >= 15 is 0 Å². The molecule has 1 aromatic heterocycles. The maximum Gasteiger partial charge on any atom is 0.417 e. The SMILES string of the molecule is O=C1CN(C(=O)c2ccc(Oc3ccc(C(F)(F)F)cn3)cc2)CCN1. The average Bonchev–Trinajstić information content (AvgIpc) is 2.61. The Morgan fingerprint density at radius 2 is 1.88 bits per heavy atom. The van der Waals surface area contributed by atoms with Crippen molar-refractivity contribution >= 4 is 11.8 Å².